The molecule has 0 aliphatic carbocycles. The fourth-order valence-corrected chi connectivity index (χ4v) is 6.48. The number of amides is 1. The maximum atomic E-state index is 13.3. The Kier molecular flexibility index (Phi) is 7.86. The van der Waals surface area contributed by atoms with Gasteiger partial charge in [0, 0.05) is 23.5 Å². The van der Waals surface area contributed by atoms with Gasteiger partial charge in [0.05, 0.1) is 11.8 Å². The van der Waals surface area contributed by atoms with Crippen molar-refractivity contribution in [3.8, 4) is 0 Å². The van der Waals surface area contributed by atoms with E-state index >= 15 is 0 Å². The molecule has 178 valence electrons. The minimum absolute atomic E-state index is 0.0267. The Bertz CT molecular complexity index is 1240. The van der Waals surface area contributed by atoms with Gasteiger partial charge in [-0.15, -0.1) is 0 Å². The number of benzene rings is 3. The summed E-state index contributed by atoms with van der Waals surface area (Å²) in [6, 6.07) is 25.1. The van der Waals surface area contributed by atoms with Gasteiger partial charge in [-0.05, 0) is 54.2 Å². The van der Waals surface area contributed by atoms with E-state index in [1.54, 1.807) is 0 Å². The Hall–Kier alpha value is -2.48. The first-order valence-corrected chi connectivity index (χ1v) is 13.9. The first-order valence-electron chi connectivity index (χ1n) is 11.5. The molecule has 1 fully saturated rings. The predicted molar refractivity (Wildman–Crippen MR) is 139 cm³/mol. The van der Waals surface area contributed by atoms with Crippen molar-refractivity contribution in [3.05, 3.63) is 106 Å². The zero-order chi connectivity index (χ0) is 24.1. The average molecular weight is 542 g/mol. The molecule has 0 saturated carbocycles. The van der Waals surface area contributed by atoms with Gasteiger partial charge in [-0.2, -0.15) is 0 Å². The topological polar surface area (TPSA) is 66.5 Å². The van der Waals surface area contributed by atoms with Gasteiger partial charge < -0.3 is 5.32 Å². The molecule has 1 aliphatic heterocycles. The Balaban J connectivity index is 1.42. The molecule has 1 N–H and O–H groups in total. The first kappa shape index (κ1) is 24.6. The minimum atomic E-state index is -3.44. The fourth-order valence-electron chi connectivity index (χ4n) is 4.48. The fraction of sp³-hybridized carbons (Fsp3) is 0.296. The quantitative estimate of drug-likeness (QED) is 0.447. The highest BCUT2D eigenvalue weighted by Gasteiger charge is 2.32. The summed E-state index contributed by atoms with van der Waals surface area (Å²) in [6.45, 7) is 2.76. The maximum absolute atomic E-state index is 13.3. The highest BCUT2D eigenvalue weighted by Crippen LogP contribution is 2.28. The third kappa shape index (κ3) is 5.95. The molecular formula is C27H29BrN2O3S. The van der Waals surface area contributed by atoms with E-state index in [1.165, 1.54) is 4.31 Å². The zero-order valence-electron chi connectivity index (χ0n) is 19.2. The lowest BCUT2D eigenvalue weighted by atomic mass is 9.92. The van der Waals surface area contributed by atoms with Crippen LogP contribution in [-0.2, 0) is 20.6 Å². The van der Waals surface area contributed by atoms with Crippen molar-refractivity contribution < 1.29 is 13.2 Å². The van der Waals surface area contributed by atoms with Crippen LogP contribution in [0.4, 0.5) is 0 Å². The molecule has 1 saturated heterocycles. The van der Waals surface area contributed by atoms with Crippen LogP contribution in [0.15, 0.2) is 83.3 Å². The largest absolute Gasteiger partial charge is 0.345 e. The number of rotatable bonds is 7. The van der Waals surface area contributed by atoms with E-state index in [4.69, 9.17) is 0 Å². The third-order valence-corrected chi connectivity index (χ3v) is 8.72. The van der Waals surface area contributed by atoms with Crippen molar-refractivity contribution in [1.29, 1.82) is 0 Å². The van der Waals surface area contributed by atoms with E-state index in [0.29, 0.717) is 25.9 Å². The van der Waals surface area contributed by atoms with E-state index in [2.05, 4.69) is 21.2 Å². The second-order valence-electron chi connectivity index (χ2n) is 8.77. The van der Waals surface area contributed by atoms with Gasteiger partial charge in [-0.3, -0.25) is 4.79 Å². The van der Waals surface area contributed by atoms with Gasteiger partial charge in [-0.25, -0.2) is 12.7 Å². The number of sulfonamides is 1. The number of aryl methyl sites for hydroxylation is 1. The SMILES string of the molecule is Cc1ccccc1[C@H](NC(=O)C1CCN(S(=O)(=O)Cc2cccc(Br)c2)CC1)c1ccccc1. The van der Waals surface area contributed by atoms with E-state index in [-0.39, 0.29) is 23.6 Å². The van der Waals surface area contributed by atoms with Crippen LogP contribution in [0.25, 0.3) is 0 Å². The van der Waals surface area contributed by atoms with Crippen molar-refractivity contribution in [1.82, 2.24) is 9.62 Å². The first-order chi connectivity index (χ1) is 16.3. The number of piperidine rings is 1. The molecule has 3 aromatic carbocycles. The maximum Gasteiger partial charge on any atom is 0.223 e. The molecule has 34 heavy (non-hydrogen) atoms. The second kappa shape index (κ2) is 10.8. The van der Waals surface area contributed by atoms with Crippen LogP contribution >= 0.6 is 15.9 Å². The molecule has 1 aliphatic rings. The molecule has 0 aromatic heterocycles. The van der Waals surface area contributed by atoms with Crippen LogP contribution in [0, 0.1) is 12.8 Å². The molecule has 1 heterocycles. The normalized spacial score (nSPS) is 16.2. The van der Waals surface area contributed by atoms with Crippen molar-refractivity contribution in [2.75, 3.05) is 13.1 Å². The van der Waals surface area contributed by atoms with Crippen LogP contribution in [0.3, 0.4) is 0 Å². The summed E-state index contributed by atoms with van der Waals surface area (Å²) in [4.78, 5) is 13.3. The molecule has 3 aromatic rings. The number of carbonyl (C=O) groups excluding carboxylic acids is 1. The van der Waals surface area contributed by atoms with Crippen molar-refractivity contribution in [2.24, 2.45) is 5.92 Å². The molecule has 5 nitrogen and oxygen atoms in total. The minimum Gasteiger partial charge on any atom is -0.345 e. The van der Waals surface area contributed by atoms with E-state index < -0.39 is 10.0 Å². The van der Waals surface area contributed by atoms with Crippen LogP contribution in [0.5, 0.6) is 0 Å². The molecule has 0 bridgehead atoms. The van der Waals surface area contributed by atoms with Gasteiger partial charge in [0.1, 0.15) is 0 Å². The summed E-state index contributed by atoms with van der Waals surface area (Å²) in [5.41, 5.74) is 3.96. The molecule has 1 atom stereocenters. The highest BCUT2D eigenvalue weighted by molar-refractivity contribution is 9.10. The van der Waals surface area contributed by atoms with E-state index in [0.717, 1.165) is 26.7 Å². The van der Waals surface area contributed by atoms with Gasteiger partial charge in [0.15, 0.2) is 0 Å². The standard InChI is InChI=1S/C27H29BrN2O3S/c1-20-8-5-6-13-25(20)26(22-10-3-2-4-11-22)29-27(31)23-14-16-30(17-15-23)34(32,33)19-21-9-7-12-24(28)18-21/h2-13,18,23,26H,14-17,19H2,1H3,(H,29,31)/t26-/m1/s1. The Morgan fingerprint density at radius 3 is 2.35 bits per heavy atom. The summed E-state index contributed by atoms with van der Waals surface area (Å²) >= 11 is 3.39. The van der Waals surface area contributed by atoms with E-state index in [9.17, 15) is 13.2 Å². The second-order valence-corrected chi connectivity index (χ2v) is 11.7. The molecule has 0 unspecified atom stereocenters. The van der Waals surface area contributed by atoms with Gasteiger partial charge in [0.25, 0.3) is 0 Å². The molecule has 0 radical (unpaired) electrons. The van der Waals surface area contributed by atoms with Gasteiger partial charge in [-0.1, -0.05) is 82.7 Å². The summed E-state index contributed by atoms with van der Waals surface area (Å²) in [7, 11) is -3.44. The highest BCUT2D eigenvalue weighted by atomic mass is 79.9. The summed E-state index contributed by atoms with van der Waals surface area (Å²) in [5, 5.41) is 3.25. The van der Waals surface area contributed by atoms with E-state index in [1.807, 2.05) is 85.8 Å². The Morgan fingerprint density at radius 2 is 1.68 bits per heavy atom. The molecule has 1 amide bonds. The Morgan fingerprint density at radius 1 is 1.00 bits per heavy atom. The Labute approximate surface area is 210 Å². The lowest BCUT2D eigenvalue weighted by Crippen LogP contribution is -2.44. The van der Waals surface area contributed by atoms with Crippen LogP contribution in [0.2, 0.25) is 0 Å². The summed E-state index contributed by atoms with van der Waals surface area (Å²) in [5.74, 6) is -0.277. The summed E-state index contributed by atoms with van der Waals surface area (Å²) < 4.78 is 28.3. The number of nitrogens with zero attached hydrogens (tertiary/aromatic N) is 1. The monoisotopic (exact) mass is 540 g/mol. The molecular weight excluding hydrogens is 512 g/mol. The van der Waals surface area contributed by atoms with Crippen LogP contribution < -0.4 is 5.32 Å². The molecule has 0 spiro atoms. The molecule has 7 heteroatoms. The van der Waals surface area contributed by atoms with Crippen LogP contribution in [-0.4, -0.2) is 31.7 Å². The van der Waals surface area contributed by atoms with Crippen molar-refractivity contribution in [2.45, 2.75) is 31.6 Å². The smallest absolute Gasteiger partial charge is 0.223 e. The number of hydrogen-bond acceptors (Lipinski definition) is 3. The third-order valence-electron chi connectivity index (χ3n) is 6.38. The number of hydrogen-bond donors (Lipinski definition) is 1. The lowest BCUT2D eigenvalue weighted by Gasteiger charge is -2.32. The number of carbonyl (C=O) groups is 1. The predicted octanol–water partition coefficient (Wildman–Crippen LogP) is 5.21. The summed E-state index contributed by atoms with van der Waals surface area (Å²) in [6.07, 6.45) is 1.03. The van der Waals surface area contributed by atoms with Crippen LogP contribution in [0.1, 0.15) is 41.1 Å². The average Bonchev–Trinajstić information content (AvgIpc) is 2.83. The van der Waals surface area contributed by atoms with Crippen molar-refractivity contribution in [3.63, 3.8) is 0 Å². The number of halogens is 1. The van der Waals surface area contributed by atoms with Gasteiger partial charge >= 0.3 is 0 Å². The lowest BCUT2D eigenvalue weighted by molar-refractivity contribution is -0.126. The van der Waals surface area contributed by atoms with Crippen molar-refractivity contribution >= 4 is 31.9 Å². The molecule has 4 rings (SSSR count). The number of nitrogens with one attached hydrogen (secondary N) is 1. The van der Waals surface area contributed by atoms with Gasteiger partial charge in [0.2, 0.25) is 15.9 Å². The zero-order valence-corrected chi connectivity index (χ0v) is 21.6.